The van der Waals surface area contributed by atoms with E-state index in [0.29, 0.717) is 12.0 Å². The fourth-order valence-electron chi connectivity index (χ4n) is 3.94. The topological polar surface area (TPSA) is 33.5 Å². The van der Waals surface area contributed by atoms with Crippen LogP contribution in [0.4, 0.5) is 18.9 Å². The number of anilines is 1. The number of benzene rings is 1. The third-order valence-corrected chi connectivity index (χ3v) is 6.21. The van der Waals surface area contributed by atoms with E-state index >= 15 is 0 Å². The monoisotopic (exact) mass is 381 g/mol. The minimum Gasteiger partial charge on any atom is -0.321 e. The molecule has 3 nitrogen and oxygen atoms in total. The second kappa shape index (κ2) is 6.70. The summed E-state index contributed by atoms with van der Waals surface area (Å²) in [7, 11) is 0. The number of thiophene rings is 1. The van der Waals surface area contributed by atoms with Crippen LogP contribution in [0.1, 0.15) is 34.9 Å². The summed E-state index contributed by atoms with van der Waals surface area (Å²) in [5, 5.41) is 4.58. The molecule has 1 saturated carbocycles. The van der Waals surface area contributed by atoms with Crippen molar-refractivity contribution in [1.29, 1.82) is 0 Å². The summed E-state index contributed by atoms with van der Waals surface area (Å²) >= 11 is 1.76. The second-order valence-electron chi connectivity index (χ2n) is 7.04. The number of para-hydroxylation sites is 1. The van der Waals surface area contributed by atoms with Crippen molar-refractivity contribution < 1.29 is 22.9 Å². The predicted molar refractivity (Wildman–Crippen MR) is 94.3 cm³/mol. The molecule has 0 saturated heterocycles. The summed E-state index contributed by atoms with van der Waals surface area (Å²) in [6.07, 6.45) is -1.22. The molecule has 0 spiro atoms. The molecular formula is C19H20F3N2OS+. The number of amides is 1. The number of hydrogen-bond donors (Lipinski definition) is 2. The summed E-state index contributed by atoms with van der Waals surface area (Å²) in [6.45, 7) is 1.05. The van der Waals surface area contributed by atoms with E-state index in [9.17, 15) is 18.0 Å². The molecule has 138 valence electrons. The number of rotatable bonds is 4. The van der Waals surface area contributed by atoms with Crippen molar-refractivity contribution in [2.24, 2.45) is 5.92 Å². The molecular weight excluding hydrogens is 361 g/mol. The molecule has 1 aromatic carbocycles. The summed E-state index contributed by atoms with van der Waals surface area (Å²) in [4.78, 5) is 15.1. The van der Waals surface area contributed by atoms with Crippen LogP contribution in [-0.4, -0.2) is 19.0 Å². The van der Waals surface area contributed by atoms with Gasteiger partial charge in [0.15, 0.2) is 6.54 Å². The maximum absolute atomic E-state index is 13.1. The molecule has 1 aliphatic heterocycles. The Morgan fingerprint density at radius 2 is 2.00 bits per heavy atom. The van der Waals surface area contributed by atoms with Crippen LogP contribution in [0, 0.1) is 5.92 Å². The van der Waals surface area contributed by atoms with Crippen LogP contribution in [0.3, 0.4) is 0 Å². The Balaban J connectivity index is 1.49. The van der Waals surface area contributed by atoms with Crippen LogP contribution in [0.25, 0.3) is 0 Å². The van der Waals surface area contributed by atoms with E-state index in [-0.39, 0.29) is 18.1 Å². The zero-order valence-corrected chi connectivity index (χ0v) is 14.9. The number of fused-ring (bicyclic) bond motifs is 1. The average molecular weight is 381 g/mol. The molecule has 7 heteroatoms. The highest BCUT2D eigenvalue weighted by atomic mass is 32.1. The van der Waals surface area contributed by atoms with Crippen molar-refractivity contribution in [3.63, 3.8) is 0 Å². The van der Waals surface area contributed by atoms with Gasteiger partial charge in [0, 0.05) is 22.8 Å². The maximum Gasteiger partial charge on any atom is 0.418 e. The first kappa shape index (κ1) is 17.5. The summed E-state index contributed by atoms with van der Waals surface area (Å²) < 4.78 is 39.3. The highest BCUT2D eigenvalue weighted by molar-refractivity contribution is 7.10. The van der Waals surface area contributed by atoms with Gasteiger partial charge in [-0.3, -0.25) is 4.79 Å². The number of halogens is 3. The van der Waals surface area contributed by atoms with Crippen LogP contribution in [0.2, 0.25) is 0 Å². The minimum absolute atomic E-state index is 0.166. The number of carbonyl (C=O) groups is 1. The molecule has 2 N–H and O–H groups in total. The van der Waals surface area contributed by atoms with Crippen molar-refractivity contribution in [3.8, 4) is 0 Å². The maximum atomic E-state index is 13.1. The molecule has 4 rings (SSSR count). The van der Waals surface area contributed by atoms with E-state index in [0.717, 1.165) is 19.0 Å². The highest BCUT2D eigenvalue weighted by Gasteiger charge is 2.44. The Kier molecular flexibility index (Phi) is 4.52. The van der Waals surface area contributed by atoms with E-state index in [2.05, 4.69) is 16.8 Å². The van der Waals surface area contributed by atoms with Gasteiger partial charge in [-0.1, -0.05) is 12.1 Å². The van der Waals surface area contributed by atoms with Gasteiger partial charge in [-0.2, -0.15) is 13.2 Å². The summed E-state index contributed by atoms with van der Waals surface area (Å²) in [5.41, 5.74) is 0.365. The number of hydrogen-bond acceptors (Lipinski definition) is 2. The van der Waals surface area contributed by atoms with Crippen LogP contribution < -0.4 is 10.2 Å². The Morgan fingerprint density at radius 1 is 1.23 bits per heavy atom. The molecule has 26 heavy (non-hydrogen) atoms. The molecule has 1 unspecified atom stereocenters. The van der Waals surface area contributed by atoms with Crippen LogP contribution in [-0.2, 0) is 17.4 Å². The molecule has 2 aliphatic rings. The normalized spacial score (nSPS) is 22.7. The quantitative estimate of drug-likeness (QED) is 0.837. The molecule has 0 bridgehead atoms. The molecule has 1 aliphatic carbocycles. The van der Waals surface area contributed by atoms with E-state index in [4.69, 9.17) is 0 Å². The molecule has 1 fully saturated rings. The van der Waals surface area contributed by atoms with Crippen molar-refractivity contribution >= 4 is 22.9 Å². The van der Waals surface area contributed by atoms with Gasteiger partial charge >= 0.3 is 6.18 Å². The zero-order chi connectivity index (χ0) is 18.3. The predicted octanol–water partition coefficient (Wildman–Crippen LogP) is 3.30. The smallest absolute Gasteiger partial charge is 0.321 e. The first-order chi connectivity index (χ1) is 12.4. The van der Waals surface area contributed by atoms with Gasteiger partial charge in [-0.05, 0) is 36.4 Å². The van der Waals surface area contributed by atoms with Gasteiger partial charge in [0.25, 0.3) is 5.91 Å². The minimum atomic E-state index is -4.48. The zero-order valence-electron chi connectivity index (χ0n) is 14.1. The Labute approximate surface area is 153 Å². The van der Waals surface area contributed by atoms with Gasteiger partial charge in [-0.25, -0.2) is 0 Å². The number of nitrogens with one attached hydrogen (secondary N) is 2. The van der Waals surface area contributed by atoms with Gasteiger partial charge in [0.05, 0.1) is 17.8 Å². The fraction of sp³-hybridized carbons (Fsp3) is 0.421. The molecule has 2 heterocycles. The number of quaternary nitrogens is 1. The van der Waals surface area contributed by atoms with Gasteiger partial charge < -0.3 is 10.2 Å². The van der Waals surface area contributed by atoms with E-state index in [1.54, 1.807) is 11.3 Å². The second-order valence-corrected chi connectivity index (χ2v) is 8.04. The molecule has 1 amide bonds. The Hall–Kier alpha value is -1.86. The highest BCUT2D eigenvalue weighted by Crippen LogP contribution is 2.42. The van der Waals surface area contributed by atoms with Crippen LogP contribution in [0.5, 0.6) is 0 Å². The molecule has 2 aromatic rings. The Bertz CT molecular complexity index is 813. The standard InChI is InChI=1S/C19H19F3N2OS/c20-19(21,22)14-3-1-2-4-15(14)23-17(25)11-24-9-7-16-13(8-10-26-16)18(24)12-5-6-12/h1-4,8,10,12,18H,5-7,9,11H2,(H,23,25)/p+1/t18-/m0/s1. The lowest BCUT2D eigenvalue weighted by Gasteiger charge is -2.32. The van der Waals surface area contributed by atoms with Gasteiger partial charge in [0.2, 0.25) is 0 Å². The third kappa shape index (κ3) is 3.50. The summed E-state index contributed by atoms with van der Waals surface area (Å²) in [6, 6.07) is 7.58. The van der Waals surface area contributed by atoms with Crippen molar-refractivity contribution in [2.75, 3.05) is 18.4 Å². The number of alkyl halides is 3. The van der Waals surface area contributed by atoms with E-state index in [1.807, 2.05) is 0 Å². The molecule has 1 aromatic heterocycles. The van der Waals surface area contributed by atoms with Gasteiger partial charge in [0.1, 0.15) is 6.04 Å². The van der Waals surface area contributed by atoms with Crippen LogP contribution in [0.15, 0.2) is 35.7 Å². The fourth-order valence-corrected chi connectivity index (χ4v) is 4.87. The van der Waals surface area contributed by atoms with Crippen LogP contribution >= 0.6 is 11.3 Å². The first-order valence-electron chi connectivity index (χ1n) is 8.80. The lowest BCUT2D eigenvalue weighted by atomic mass is 9.96. The van der Waals surface area contributed by atoms with Gasteiger partial charge in [-0.15, -0.1) is 11.3 Å². The van der Waals surface area contributed by atoms with E-state index in [1.165, 1.54) is 46.4 Å². The summed E-state index contributed by atoms with van der Waals surface area (Å²) in [5.74, 6) is 0.231. The molecule has 2 atom stereocenters. The largest absolute Gasteiger partial charge is 0.418 e. The first-order valence-corrected chi connectivity index (χ1v) is 9.68. The lowest BCUT2D eigenvalue weighted by Crippen LogP contribution is -3.14. The number of carbonyl (C=O) groups excluding carboxylic acids is 1. The SMILES string of the molecule is O=C(C[NH+]1CCc2sccc2[C@@H]1C1CC1)Nc1ccccc1C(F)(F)F. The van der Waals surface area contributed by atoms with E-state index < -0.39 is 11.7 Å². The Morgan fingerprint density at radius 3 is 2.73 bits per heavy atom. The lowest BCUT2D eigenvalue weighted by molar-refractivity contribution is -0.928. The van der Waals surface area contributed by atoms with Crippen molar-refractivity contribution in [3.05, 3.63) is 51.7 Å². The average Bonchev–Trinajstić information content (AvgIpc) is 3.30. The molecule has 0 radical (unpaired) electrons. The van der Waals surface area contributed by atoms with Crippen molar-refractivity contribution in [1.82, 2.24) is 0 Å². The third-order valence-electron chi connectivity index (χ3n) is 5.22. The van der Waals surface area contributed by atoms with Crippen molar-refractivity contribution in [2.45, 2.75) is 31.5 Å².